The zero-order chi connectivity index (χ0) is 18.5. The number of hydrogen-bond donors (Lipinski definition) is 1. The van der Waals surface area contributed by atoms with E-state index in [1.807, 2.05) is 0 Å². The predicted molar refractivity (Wildman–Crippen MR) is 100 cm³/mol. The van der Waals surface area contributed by atoms with Gasteiger partial charge in [0.25, 0.3) is 5.91 Å². The van der Waals surface area contributed by atoms with Gasteiger partial charge in [-0.25, -0.2) is 5.43 Å². The lowest BCUT2D eigenvalue weighted by atomic mass is 10.2. The minimum absolute atomic E-state index is 0.173. The highest BCUT2D eigenvalue weighted by molar-refractivity contribution is 6.32. The Hall–Kier alpha value is -2.83. The lowest BCUT2D eigenvalue weighted by Crippen LogP contribution is -2.25. The molecule has 0 spiro atoms. The lowest BCUT2D eigenvalue weighted by Gasteiger charge is -2.06. The van der Waals surface area contributed by atoms with E-state index in [4.69, 9.17) is 32.4 Å². The average Bonchev–Trinajstić information content (AvgIpc) is 2.63. The number of hydrazone groups is 1. The van der Waals surface area contributed by atoms with Gasteiger partial charge in [-0.2, -0.15) is 5.10 Å². The van der Waals surface area contributed by atoms with Crippen LogP contribution in [0, 0.1) is 0 Å². The Morgan fingerprint density at radius 1 is 1.23 bits per heavy atom. The number of benzene rings is 2. The van der Waals surface area contributed by atoms with E-state index in [1.54, 1.807) is 36.4 Å². The van der Waals surface area contributed by atoms with Crippen LogP contribution in [0.3, 0.4) is 0 Å². The van der Waals surface area contributed by atoms with Crippen molar-refractivity contribution >= 4 is 46.3 Å². The third-order valence-electron chi connectivity index (χ3n) is 3.35. The summed E-state index contributed by atoms with van der Waals surface area (Å²) in [4.78, 5) is 24.1. The Morgan fingerprint density at radius 3 is 2.85 bits per heavy atom. The normalized spacial score (nSPS) is 11.0. The molecule has 0 aliphatic carbocycles. The maximum absolute atomic E-state index is 12.3. The van der Waals surface area contributed by atoms with E-state index in [0.29, 0.717) is 26.8 Å². The summed E-state index contributed by atoms with van der Waals surface area (Å²) in [7, 11) is 0. The van der Waals surface area contributed by atoms with Gasteiger partial charge < -0.3 is 9.15 Å². The molecule has 3 rings (SSSR count). The highest BCUT2D eigenvalue weighted by Gasteiger charge is 2.07. The van der Waals surface area contributed by atoms with Gasteiger partial charge in [-0.3, -0.25) is 9.59 Å². The number of nitrogens with one attached hydrogen (secondary N) is 1. The van der Waals surface area contributed by atoms with Crippen LogP contribution in [0.5, 0.6) is 5.75 Å². The number of nitrogens with zero attached hydrogens (tertiary/aromatic N) is 1. The van der Waals surface area contributed by atoms with Gasteiger partial charge in [-0.1, -0.05) is 35.3 Å². The monoisotopic (exact) mass is 390 g/mol. The van der Waals surface area contributed by atoms with Crippen molar-refractivity contribution in [2.24, 2.45) is 5.10 Å². The second-order valence-corrected chi connectivity index (χ2v) is 6.02. The van der Waals surface area contributed by atoms with E-state index in [1.165, 1.54) is 18.5 Å². The van der Waals surface area contributed by atoms with E-state index in [-0.39, 0.29) is 17.6 Å². The van der Waals surface area contributed by atoms with Gasteiger partial charge in [0.1, 0.15) is 17.6 Å². The van der Waals surface area contributed by atoms with E-state index in [0.717, 1.165) is 0 Å². The molecule has 8 heteroatoms. The fourth-order valence-electron chi connectivity index (χ4n) is 2.12. The van der Waals surface area contributed by atoms with Crippen molar-refractivity contribution in [2.45, 2.75) is 0 Å². The molecule has 1 N–H and O–H groups in total. The van der Waals surface area contributed by atoms with Crippen LogP contribution in [0.15, 0.2) is 63.0 Å². The number of carbonyl (C=O) groups excluding carboxylic acids is 1. The smallest absolute Gasteiger partial charge is 0.277 e. The van der Waals surface area contributed by atoms with Gasteiger partial charge in [0.2, 0.25) is 5.43 Å². The maximum Gasteiger partial charge on any atom is 0.277 e. The molecule has 6 nitrogen and oxygen atoms in total. The molecule has 0 bridgehead atoms. The van der Waals surface area contributed by atoms with Crippen LogP contribution in [0.2, 0.25) is 10.0 Å². The number of carbonyl (C=O) groups is 1. The molecule has 0 radical (unpaired) electrons. The summed E-state index contributed by atoms with van der Waals surface area (Å²) >= 11 is 11.8. The van der Waals surface area contributed by atoms with Gasteiger partial charge in [-0.15, -0.1) is 0 Å². The Kier molecular flexibility index (Phi) is 5.55. The topological polar surface area (TPSA) is 80.9 Å². The van der Waals surface area contributed by atoms with Crippen molar-refractivity contribution in [3.63, 3.8) is 0 Å². The molecular formula is C18H12Cl2N2O4. The maximum atomic E-state index is 12.3. The van der Waals surface area contributed by atoms with Crippen LogP contribution in [0.4, 0.5) is 0 Å². The Labute approximate surface area is 158 Å². The van der Waals surface area contributed by atoms with Crippen molar-refractivity contribution in [3.8, 4) is 5.75 Å². The van der Waals surface area contributed by atoms with E-state index < -0.39 is 5.91 Å². The molecule has 1 amide bonds. The molecule has 0 aliphatic heterocycles. The minimum atomic E-state index is -0.505. The summed E-state index contributed by atoms with van der Waals surface area (Å²) < 4.78 is 10.6. The van der Waals surface area contributed by atoms with Crippen molar-refractivity contribution in [2.75, 3.05) is 6.61 Å². The molecule has 2 aromatic carbocycles. The van der Waals surface area contributed by atoms with Gasteiger partial charge in [0.15, 0.2) is 6.61 Å². The fraction of sp³-hybridized carbons (Fsp3) is 0.0556. The molecule has 0 aliphatic rings. The SMILES string of the molecule is O=C(COc1ccccc1Cl)N/N=C\c1coc2ccc(Cl)cc2c1=O. The highest BCUT2D eigenvalue weighted by atomic mass is 35.5. The molecule has 0 unspecified atom stereocenters. The standard InChI is InChI=1S/C18H12Cl2N2O4/c19-12-5-6-15-13(7-12)18(24)11(9-25-15)8-21-22-17(23)10-26-16-4-2-1-3-14(16)20/h1-9H,10H2,(H,22,23)/b21-8-. The number of ether oxygens (including phenoxy) is 1. The largest absolute Gasteiger partial charge is 0.482 e. The van der Waals surface area contributed by atoms with Gasteiger partial charge in [-0.05, 0) is 30.3 Å². The first-order valence-corrected chi connectivity index (χ1v) is 8.20. The molecular weight excluding hydrogens is 379 g/mol. The van der Waals surface area contributed by atoms with Gasteiger partial charge in [0.05, 0.1) is 22.2 Å². The summed E-state index contributed by atoms with van der Waals surface area (Å²) in [5.41, 5.74) is 2.54. The molecule has 3 aromatic rings. The minimum Gasteiger partial charge on any atom is -0.482 e. The molecule has 0 atom stereocenters. The second-order valence-electron chi connectivity index (χ2n) is 5.17. The summed E-state index contributed by atoms with van der Waals surface area (Å²) in [5.74, 6) is -0.116. The average molecular weight is 391 g/mol. The number of halogens is 2. The summed E-state index contributed by atoms with van der Waals surface area (Å²) in [6, 6.07) is 11.5. The Balaban J connectivity index is 1.64. The van der Waals surface area contributed by atoms with Crippen molar-refractivity contribution in [3.05, 3.63) is 74.6 Å². The molecule has 0 saturated carbocycles. The number of hydrogen-bond acceptors (Lipinski definition) is 5. The van der Waals surface area contributed by atoms with Crippen molar-refractivity contribution in [1.82, 2.24) is 5.43 Å². The number of amides is 1. The summed E-state index contributed by atoms with van der Waals surface area (Å²) in [5, 5.41) is 4.88. The molecule has 0 saturated heterocycles. The molecule has 26 heavy (non-hydrogen) atoms. The molecule has 132 valence electrons. The van der Waals surface area contributed by atoms with Gasteiger partial charge in [0, 0.05) is 5.02 Å². The van der Waals surface area contributed by atoms with Crippen LogP contribution in [0.25, 0.3) is 11.0 Å². The van der Waals surface area contributed by atoms with Crippen LogP contribution < -0.4 is 15.6 Å². The second kappa shape index (κ2) is 8.03. The predicted octanol–water partition coefficient (Wildman–Crippen LogP) is 3.63. The van der Waals surface area contributed by atoms with Crippen LogP contribution in [-0.4, -0.2) is 18.7 Å². The first kappa shape index (κ1) is 18.0. The van der Waals surface area contributed by atoms with Crippen LogP contribution in [-0.2, 0) is 4.79 Å². The molecule has 1 aromatic heterocycles. The molecule has 1 heterocycles. The molecule has 0 fully saturated rings. The highest BCUT2D eigenvalue weighted by Crippen LogP contribution is 2.22. The quantitative estimate of drug-likeness (QED) is 0.532. The fourth-order valence-corrected chi connectivity index (χ4v) is 2.48. The van der Waals surface area contributed by atoms with Crippen LogP contribution >= 0.6 is 23.2 Å². The van der Waals surface area contributed by atoms with Gasteiger partial charge >= 0.3 is 0 Å². The van der Waals surface area contributed by atoms with Crippen molar-refractivity contribution < 1.29 is 13.9 Å². The van der Waals surface area contributed by atoms with E-state index in [2.05, 4.69) is 10.5 Å². The lowest BCUT2D eigenvalue weighted by molar-refractivity contribution is -0.123. The number of fused-ring (bicyclic) bond motifs is 1. The first-order valence-electron chi connectivity index (χ1n) is 7.45. The number of para-hydroxylation sites is 1. The summed E-state index contributed by atoms with van der Waals surface area (Å²) in [6.07, 6.45) is 2.45. The zero-order valence-corrected chi connectivity index (χ0v) is 14.8. The Morgan fingerprint density at radius 2 is 2.04 bits per heavy atom. The third-order valence-corrected chi connectivity index (χ3v) is 3.90. The first-order chi connectivity index (χ1) is 12.5. The third kappa shape index (κ3) is 4.22. The number of rotatable bonds is 5. The van der Waals surface area contributed by atoms with Crippen LogP contribution in [0.1, 0.15) is 5.56 Å². The van der Waals surface area contributed by atoms with E-state index in [9.17, 15) is 9.59 Å². The summed E-state index contributed by atoms with van der Waals surface area (Å²) in [6.45, 7) is -0.275. The Bertz CT molecular complexity index is 1050. The zero-order valence-electron chi connectivity index (χ0n) is 13.2. The van der Waals surface area contributed by atoms with Crippen molar-refractivity contribution in [1.29, 1.82) is 0 Å². The van der Waals surface area contributed by atoms with E-state index >= 15 is 0 Å².